The molecule has 2 heterocycles. The van der Waals surface area contributed by atoms with E-state index in [-0.39, 0.29) is 30.0 Å². The summed E-state index contributed by atoms with van der Waals surface area (Å²) in [4.78, 5) is 37.6. The van der Waals surface area contributed by atoms with E-state index in [4.69, 9.17) is 4.74 Å². The van der Waals surface area contributed by atoms with E-state index in [2.05, 4.69) is 24.3 Å². The Morgan fingerprint density at radius 1 is 1.21 bits per heavy atom. The quantitative estimate of drug-likeness (QED) is 0.615. The first-order chi connectivity index (χ1) is 13.9. The van der Waals surface area contributed by atoms with Crippen LogP contribution < -0.4 is 10.9 Å². The lowest BCUT2D eigenvalue weighted by Gasteiger charge is -2.11. The van der Waals surface area contributed by atoms with Crippen molar-refractivity contribution < 1.29 is 14.3 Å². The number of fused-ring (bicyclic) bond motifs is 1. The molecule has 0 atom stereocenters. The summed E-state index contributed by atoms with van der Waals surface area (Å²) in [7, 11) is 0. The molecule has 0 radical (unpaired) electrons. The van der Waals surface area contributed by atoms with Crippen LogP contribution >= 0.6 is 11.3 Å². The zero-order valence-electron chi connectivity index (χ0n) is 16.8. The molecular weight excluding hydrogens is 390 g/mol. The van der Waals surface area contributed by atoms with Gasteiger partial charge in [0.05, 0.1) is 17.7 Å². The van der Waals surface area contributed by atoms with Crippen LogP contribution in [0.5, 0.6) is 0 Å². The summed E-state index contributed by atoms with van der Waals surface area (Å²) in [5.74, 6) is -0.481. The van der Waals surface area contributed by atoms with Crippen LogP contribution in [0, 0.1) is 0 Å². The number of esters is 1. The average Bonchev–Trinajstić information content (AvgIpc) is 3.12. The standard InChI is InChI=1S/C21H23N3O4S/c1-5-16(25)22-19-17-15(11-29-19)18(21(27)28-6-2)23-24(20(17)26)14-9-7-13(8-10-14)12(3)4/h7-12H,5-6H2,1-4H3,(H,22,25). The van der Waals surface area contributed by atoms with Gasteiger partial charge < -0.3 is 10.1 Å². The number of carbonyl (C=O) groups excluding carboxylic acids is 2. The molecule has 0 fully saturated rings. The third kappa shape index (κ3) is 4.07. The molecule has 0 spiro atoms. The average molecular weight is 413 g/mol. The molecule has 0 saturated heterocycles. The highest BCUT2D eigenvalue weighted by Gasteiger charge is 2.23. The van der Waals surface area contributed by atoms with Gasteiger partial charge >= 0.3 is 5.97 Å². The molecule has 3 aromatic rings. The molecule has 0 aliphatic rings. The maximum Gasteiger partial charge on any atom is 0.359 e. The maximum absolute atomic E-state index is 13.2. The second-order valence-corrected chi connectivity index (χ2v) is 7.67. The molecule has 1 N–H and O–H groups in total. The molecule has 0 aliphatic heterocycles. The lowest BCUT2D eigenvalue weighted by molar-refractivity contribution is -0.115. The molecule has 0 aliphatic carbocycles. The van der Waals surface area contributed by atoms with Gasteiger partial charge in [-0.1, -0.05) is 32.9 Å². The zero-order valence-corrected chi connectivity index (χ0v) is 17.6. The van der Waals surface area contributed by atoms with Crippen LogP contribution in [0.25, 0.3) is 16.5 Å². The first-order valence-electron chi connectivity index (χ1n) is 9.49. The number of anilines is 1. The van der Waals surface area contributed by atoms with Gasteiger partial charge in [-0.25, -0.2) is 4.79 Å². The van der Waals surface area contributed by atoms with E-state index in [9.17, 15) is 14.4 Å². The Morgan fingerprint density at radius 3 is 2.48 bits per heavy atom. The van der Waals surface area contributed by atoms with Crippen molar-refractivity contribution in [3.63, 3.8) is 0 Å². The van der Waals surface area contributed by atoms with Crippen molar-refractivity contribution in [3.8, 4) is 5.69 Å². The summed E-state index contributed by atoms with van der Waals surface area (Å²) in [6, 6.07) is 7.44. The van der Waals surface area contributed by atoms with Gasteiger partial charge in [-0.15, -0.1) is 11.3 Å². The van der Waals surface area contributed by atoms with E-state index in [1.54, 1.807) is 31.4 Å². The van der Waals surface area contributed by atoms with E-state index < -0.39 is 11.5 Å². The summed E-state index contributed by atoms with van der Waals surface area (Å²) < 4.78 is 6.32. The van der Waals surface area contributed by atoms with Crippen molar-refractivity contribution in [2.24, 2.45) is 0 Å². The number of benzene rings is 1. The molecule has 152 valence electrons. The lowest BCUT2D eigenvalue weighted by atomic mass is 10.0. The number of ether oxygens (including phenoxy) is 1. The molecule has 0 saturated carbocycles. The Kier molecular flexibility index (Phi) is 6.12. The van der Waals surface area contributed by atoms with Gasteiger partial charge in [0, 0.05) is 17.2 Å². The van der Waals surface area contributed by atoms with Crippen LogP contribution in [0.2, 0.25) is 0 Å². The maximum atomic E-state index is 13.2. The van der Waals surface area contributed by atoms with Gasteiger partial charge in [0.25, 0.3) is 5.56 Å². The van der Waals surface area contributed by atoms with Crippen LogP contribution in [-0.4, -0.2) is 28.3 Å². The SMILES string of the molecule is CCOC(=O)c1nn(-c2ccc(C(C)C)cc2)c(=O)c2c(NC(=O)CC)scc12. The van der Waals surface area contributed by atoms with Crippen LogP contribution in [0.4, 0.5) is 5.00 Å². The number of aromatic nitrogens is 2. The number of carbonyl (C=O) groups is 2. The molecule has 7 nitrogen and oxygen atoms in total. The number of nitrogens with zero attached hydrogens (tertiary/aromatic N) is 2. The van der Waals surface area contributed by atoms with Gasteiger partial charge in [-0.3, -0.25) is 9.59 Å². The molecule has 8 heteroatoms. The van der Waals surface area contributed by atoms with Crippen molar-refractivity contribution in [2.45, 2.75) is 40.0 Å². The second kappa shape index (κ2) is 8.57. The predicted octanol–water partition coefficient (Wildman–Crippen LogP) is 4.10. The monoisotopic (exact) mass is 413 g/mol. The summed E-state index contributed by atoms with van der Waals surface area (Å²) in [6.07, 6.45) is 0.278. The van der Waals surface area contributed by atoms with Gasteiger partial charge in [-0.2, -0.15) is 9.78 Å². The first kappa shape index (κ1) is 20.7. The second-order valence-electron chi connectivity index (χ2n) is 6.79. The minimum absolute atomic E-state index is 0.0441. The topological polar surface area (TPSA) is 90.3 Å². The van der Waals surface area contributed by atoms with E-state index in [0.29, 0.717) is 22.0 Å². The molecule has 3 rings (SSSR count). The fourth-order valence-corrected chi connectivity index (χ4v) is 3.84. The Morgan fingerprint density at radius 2 is 1.90 bits per heavy atom. The Balaban J connectivity index is 2.25. The van der Waals surface area contributed by atoms with Gasteiger partial charge in [0.1, 0.15) is 5.00 Å². The number of hydrogen-bond acceptors (Lipinski definition) is 6. The van der Waals surface area contributed by atoms with Crippen molar-refractivity contribution >= 4 is 39.0 Å². The lowest BCUT2D eigenvalue weighted by Crippen LogP contribution is -2.25. The Labute approximate surface area is 172 Å². The number of nitrogens with one attached hydrogen (secondary N) is 1. The molecular formula is C21H23N3O4S. The highest BCUT2D eigenvalue weighted by atomic mass is 32.1. The summed E-state index contributed by atoms with van der Waals surface area (Å²) in [5, 5.41) is 9.72. The van der Waals surface area contributed by atoms with Crippen molar-refractivity contribution in [3.05, 3.63) is 51.3 Å². The summed E-state index contributed by atoms with van der Waals surface area (Å²) >= 11 is 1.19. The Bertz CT molecular complexity index is 1110. The third-order valence-electron chi connectivity index (χ3n) is 4.50. The van der Waals surface area contributed by atoms with Crippen molar-refractivity contribution in [1.82, 2.24) is 9.78 Å². The van der Waals surface area contributed by atoms with Gasteiger partial charge in [-0.05, 0) is 30.5 Å². The highest BCUT2D eigenvalue weighted by molar-refractivity contribution is 7.16. The molecule has 0 bridgehead atoms. The number of hydrogen-bond donors (Lipinski definition) is 1. The highest BCUT2D eigenvalue weighted by Crippen LogP contribution is 2.30. The van der Waals surface area contributed by atoms with Crippen LogP contribution in [0.1, 0.15) is 56.1 Å². The molecule has 0 unspecified atom stereocenters. The van der Waals surface area contributed by atoms with Crippen molar-refractivity contribution in [1.29, 1.82) is 0 Å². The van der Waals surface area contributed by atoms with Gasteiger partial charge in [0.15, 0.2) is 5.69 Å². The zero-order chi connectivity index (χ0) is 21.1. The van der Waals surface area contributed by atoms with Crippen LogP contribution in [-0.2, 0) is 9.53 Å². The summed E-state index contributed by atoms with van der Waals surface area (Å²) in [6.45, 7) is 7.78. The van der Waals surface area contributed by atoms with E-state index in [0.717, 1.165) is 5.56 Å². The van der Waals surface area contributed by atoms with Crippen LogP contribution in [0.3, 0.4) is 0 Å². The summed E-state index contributed by atoms with van der Waals surface area (Å²) in [5.41, 5.74) is 1.30. The first-order valence-corrected chi connectivity index (χ1v) is 10.4. The minimum atomic E-state index is -0.615. The minimum Gasteiger partial charge on any atom is -0.461 e. The number of thiophene rings is 1. The molecule has 1 aromatic carbocycles. The van der Waals surface area contributed by atoms with E-state index >= 15 is 0 Å². The number of rotatable bonds is 6. The molecule has 29 heavy (non-hydrogen) atoms. The van der Waals surface area contributed by atoms with Crippen LogP contribution in [0.15, 0.2) is 34.4 Å². The fraction of sp³-hybridized carbons (Fsp3) is 0.333. The van der Waals surface area contributed by atoms with Gasteiger partial charge in [0.2, 0.25) is 5.91 Å². The normalized spacial score (nSPS) is 11.1. The smallest absolute Gasteiger partial charge is 0.359 e. The number of amides is 1. The molecule has 1 amide bonds. The van der Waals surface area contributed by atoms with E-state index in [1.807, 2.05) is 12.1 Å². The van der Waals surface area contributed by atoms with Crippen molar-refractivity contribution in [2.75, 3.05) is 11.9 Å². The molecule has 2 aromatic heterocycles. The Hall–Kier alpha value is -3.00. The fourth-order valence-electron chi connectivity index (χ4n) is 2.88. The predicted molar refractivity (Wildman–Crippen MR) is 114 cm³/mol. The van der Waals surface area contributed by atoms with E-state index in [1.165, 1.54) is 16.0 Å². The largest absolute Gasteiger partial charge is 0.461 e. The third-order valence-corrected chi connectivity index (χ3v) is 5.39.